The number of nitrogens with zero attached hydrogens (tertiary/aromatic N) is 3. The number of aromatic nitrogens is 1. The third-order valence-electron chi connectivity index (χ3n) is 6.27. The van der Waals surface area contributed by atoms with Crippen LogP contribution in [0.1, 0.15) is 36.4 Å². The lowest BCUT2D eigenvalue weighted by Gasteiger charge is -2.27. The van der Waals surface area contributed by atoms with Crippen LogP contribution in [0.25, 0.3) is 0 Å². The summed E-state index contributed by atoms with van der Waals surface area (Å²) >= 11 is 0. The molecule has 0 aliphatic carbocycles. The van der Waals surface area contributed by atoms with Gasteiger partial charge in [0.05, 0.1) is 0 Å². The number of rotatable bonds is 6. The van der Waals surface area contributed by atoms with E-state index in [4.69, 9.17) is 0 Å². The maximum atomic E-state index is 13.7. The number of carbonyl (C=O) groups excluding carboxylic acids is 1. The fraction of sp³-hybridized carbons (Fsp3) is 0.478. The summed E-state index contributed by atoms with van der Waals surface area (Å²) in [7, 11) is 2.11. The summed E-state index contributed by atoms with van der Waals surface area (Å²) in [5, 5.41) is 0. The van der Waals surface area contributed by atoms with Crippen LogP contribution in [0.3, 0.4) is 0 Å². The van der Waals surface area contributed by atoms with Gasteiger partial charge in [0.15, 0.2) is 0 Å². The molecule has 2 aliphatic heterocycles. The molecule has 0 saturated carbocycles. The van der Waals surface area contributed by atoms with Crippen molar-refractivity contribution in [3.63, 3.8) is 0 Å². The van der Waals surface area contributed by atoms with Crippen LogP contribution in [0.15, 0.2) is 48.8 Å². The SMILES string of the molecule is CN1C[C@H]2CN(C(=O)CCCCc3cccnc3)C[C@H]2[C@@H]1c1cccc(F)c1.Cl.Cl. The smallest absolute Gasteiger partial charge is 0.222 e. The number of likely N-dealkylation sites (tertiary alicyclic amines) is 2. The third kappa shape index (κ3) is 5.51. The van der Waals surface area contributed by atoms with Crippen LogP contribution in [0.5, 0.6) is 0 Å². The van der Waals surface area contributed by atoms with Gasteiger partial charge in [-0.25, -0.2) is 4.39 Å². The number of benzene rings is 1. The molecular formula is C23H30Cl2FN3O. The Morgan fingerprint density at radius 1 is 1.13 bits per heavy atom. The number of amides is 1. The normalized spacial score (nSPS) is 22.9. The summed E-state index contributed by atoms with van der Waals surface area (Å²) in [6, 6.07) is 11.2. The molecule has 0 spiro atoms. The topological polar surface area (TPSA) is 36.4 Å². The number of halogens is 3. The van der Waals surface area contributed by atoms with E-state index in [1.807, 2.05) is 23.2 Å². The highest BCUT2D eigenvalue weighted by molar-refractivity contribution is 5.85. The van der Waals surface area contributed by atoms with Crippen molar-refractivity contribution in [3.05, 3.63) is 65.7 Å². The molecule has 0 N–H and O–H groups in total. The fourth-order valence-electron chi connectivity index (χ4n) is 4.96. The Bertz CT molecular complexity index is 823. The lowest BCUT2D eigenvalue weighted by Crippen LogP contribution is -2.33. The standard InChI is InChI=1S/C23H28FN3O.2ClH/c1-26-14-19-15-27(16-21(19)23(26)18-8-4-9-20(24)12-18)22(28)10-3-2-6-17-7-5-11-25-13-17;;/h4-5,7-9,11-13,19,21,23H,2-3,6,10,14-16H2,1H3;2*1H/t19-,21+,23-;;/m0../s1. The van der Waals surface area contributed by atoms with E-state index < -0.39 is 0 Å². The third-order valence-corrected chi connectivity index (χ3v) is 6.27. The Balaban J connectivity index is 0.00000160. The second-order valence-electron chi connectivity index (χ2n) is 8.23. The van der Waals surface area contributed by atoms with Crippen molar-refractivity contribution in [2.24, 2.45) is 11.8 Å². The summed E-state index contributed by atoms with van der Waals surface area (Å²) in [6.45, 7) is 2.59. The zero-order valence-corrected chi connectivity index (χ0v) is 18.9. The molecule has 164 valence electrons. The minimum absolute atomic E-state index is 0. The minimum atomic E-state index is -0.186. The first-order valence-corrected chi connectivity index (χ1v) is 10.2. The van der Waals surface area contributed by atoms with Gasteiger partial charge in [-0.1, -0.05) is 18.2 Å². The van der Waals surface area contributed by atoms with Crippen molar-refractivity contribution in [3.8, 4) is 0 Å². The first kappa shape index (κ1) is 24.6. The highest BCUT2D eigenvalue weighted by Crippen LogP contribution is 2.44. The largest absolute Gasteiger partial charge is 0.342 e. The van der Waals surface area contributed by atoms with E-state index >= 15 is 0 Å². The van der Waals surface area contributed by atoms with Gasteiger partial charge >= 0.3 is 0 Å². The van der Waals surface area contributed by atoms with Crippen molar-refractivity contribution in [1.29, 1.82) is 0 Å². The molecule has 2 aromatic rings. The predicted molar refractivity (Wildman–Crippen MR) is 122 cm³/mol. The van der Waals surface area contributed by atoms with Gasteiger partial charge in [0.25, 0.3) is 0 Å². The number of hydrogen-bond acceptors (Lipinski definition) is 3. The van der Waals surface area contributed by atoms with Crippen LogP contribution in [0, 0.1) is 17.7 Å². The van der Waals surface area contributed by atoms with Crippen molar-refractivity contribution < 1.29 is 9.18 Å². The van der Waals surface area contributed by atoms with E-state index in [-0.39, 0.29) is 42.6 Å². The van der Waals surface area contributed by atoms with E-state index in [0.717, 1.165) is 44.5 Å². The molecular weight excluding hydrogens is 424 g/mol. The number of hydrogen-bond donors (Lipinski definition) is 0. The van der Waals surface area contributed by atoms with Crippen molar-refractivity contribution >= 4 is 30.7 Å². The van der Waals surface area contributed by atoms with E-state index in [1.54, 1.807) is 18.3 Å². The van der Waals surface area contributed by atoms with Crippen LogP contribution >= 0.6 is 24.8 Å². The highest BCUT2D eigenvalue weighted by Gasteiger charge is 2.47. The molecule has 1 aromatic carbocycles. The Morgan fingerprint density at radius 2 is 1.97 bits per heavy atom. The van der Waals surface area contributed by atoms with Gasteiger partial charge in [-0.2, -0.15) is 0 Å². The molecule has 2 fully saturated rings. The summed E-state index contributed by atoms with van der Waals surface area (Å²) in [5.41, 5.74) is 2.26. The first-order valence-electron chi connectivity index (χ1n) is 10.2. The summed E-state index contributed by atoms with van der Waals surface area (Å²) in [5.74, 6) is 0.957. The molecule has 3 heterocycles. The molecule has 0 bridgehead atoms. The lowest BCUT2D eigenvalue weighted by molar-refractivity contribution is -0.130. The second-order valence-corrected chi connectivity index (χ2v) is 8.23. The number of aryl methyl sites for hydroxylation is 1. The van der Waals surface area contributed by atoms with E-state index in [1.165, 1.54) is 11.6 Å². The Hall–Kier alpha value is -1.69. The minimum Gasteiger partial charge on any atom is -0.342 e. The summed E-state index contributed by atoms with van der Waals surface area (Å²) in [6.07, 6.45) is 7.18. The van der Waals surface area contributed by atoms with Crippen LogP contribution in [-0.4, -0.2) is 47.4 Å². The van der Waals surface area contributed by atoms with Gasteiger partial charge in [0.2, 0.25) is 5.91 Å². The number of unbranched alkanes of at least 4 members (excludes halogenated alkanes) is 1. The number of carbonyl (C=O) groups is 1. The van der Waals surface area contributed by atoms with Gasteiger partial charge in [0.1, 0.15) is 5.82 Å². The molecule has 1 aromatic heterocycles. The molecule has 1 amide bonds. The van der Waals surface area contributed by atoms with Crippen LogP contribution in [0.2, 0.25) is 0 Å². The average molecular weight is 454 g/mol. The summed E-state index contributed by atoms with van der Waals surface area (Å²) in [4.78, 5) is 21.2. The summed E-state index contributed by atoms with van der Waals surface area (Å²) < 4.78 is 13.7. The second kappa shape index (κ2) is 11.1. The van der Waals surface area contributed by atoms with Crippen molar-refractivity contribution in [2.75, 3.05) is 26.7 Å². The zero-order valence-electron chi connectivity index (χ0n) is 17.2. The molecule has 4 nitrogen and oxygen atoms in total. The first-order chi connectivity index (χ1) is 13.6. The zero-order chi connectivity index (χ0) is 19.5. The molecule has 3 atom stereocenters. The van der Waals surface area contributed by atoms with Gasteiger partial charge in [-0.15, -0.1) is 24.8 Å². The maximum Gasteiger partial charge on any atom is 0.222 e. The number of fused-ring (bicyclic) bond motifs is 1. The van der Waals surface area contributed by atoms with Gasteiger partial charge < -0.3 is 4.90 Å². The van der Waals surface area contributed by atoms with Crippen LogP contribution in [0.4, 0.5) is 4.39 Å². The van der Waals surface area contributed by atoms with Gasteiger partial charge in [-0.05, 0) is 61.6 Å². The van der Waals surface area contributed by atoms with E-state index in [9.17, 15) is 9.18 Å². The van der Waals surface area contributed by atoms with Crippen LogP contribution < -0.4 is 0 Å². The Morgan fingerprint density at radius 3 is 2.70 bits per heavy atom. The number of pyridine rings is 1. The fourth-order valence-corrected chi connectivity index (χ4v) is 4.96. The molecule has 0 unspecified atom stereocenters. The molecule has 7 heteroatoms. The Labute approximate surface area is 190 Å². The molecule has 4 rings (SSSR count). The monoisotopic (exact) mass is 453 g/mol. The van der Waals surface area contributed by atoms with E-state index in [2.05, 4.69) is 23.0 Å². The maximum absolute atomic E-state index is 13.7. The lowest BCUT2D eigenvalue weighted by atomic mass is 9.89. The van der Waals surface area contributed by atoms with E-state index in [0.29, 0.717) is 18.3 Å². The molecule has 2 aliphatic rings. The molecule has 0 radical (unpaired) electrons. The van der Waals surface area contributed by atoms with Crippen molar-refractivity contribution in [1.82, 2.24) is 14.8 Å². The molecule has 30 heavy (non-hydrogen) atoms. The van der Waals surface area contributed by atoms with Crippen molar-refractivity contribution in [2.45, 2.75) is 31.7 Å². The average Bonchev–Trinajstić information content (AvgIpc) is 3.22. The molecule has 2 saturated heterocycles. The predicted octanol–water partition coefficient (Wildman–Crippen LogP) is 4.54. The van der Waals surface area contributed by atoms with Gasteiger partial charge in [0, 0.05) is 50.4 Å². The van der Waals surface area contributed by atoms with Crippen LogP contribution in [-0.2, 0) is 11.2 Å². The quantitative estimate of drug-likeness (QED) is 0.602. The Kier molecular flexibility index (Phi) is 9.08. The highest BCUT2D eigenvalue weighted by atomic mass is 35.5. The van der Waals surface area contributed by atoms with Gasteiger partial charge in [-0.3, -0.25) is 14.7 Å².